The van der Waals surface area contributed by atoms with Crippen molar-refractivity contribution in [2.45, 2.75) is 25.8 Å². The zero-order valence-electron chi connectivity index (χ0n) is 19.7. The number of ketones is 1. The van der Waals surface area contributed by atoms with Gasteiger partial charge in [0.2, 0.25) is 0 Å². The fourth-order valence-corrected chi connectivity index (χ4v) is 3.85. The third kappa shape index (κ3) is 5.34. The number of likely N-dealkylation sites (tertiary alicyclic amines) is 1. The van der Waals surface area contributed by atoms with Gasteiger partial charge in [-0.15, -0.1) is 0 Å². The van der Waals surface area contributed by atoms with Crippen molar-refractivity contribution in [3.05, 3.63) is 83.4 Å². The summed E-state index contributed by atoms with van der Waals surface area (Å²) in [5, 5.41) is 11.2. The summed E-state index contributed by atoms with van der Waals surface area (Å²) in [7, 11) is 3.83. The summed E-state index contributed by atoms with van der Waals surface area (Å²) in [6.45, 7) is 9.19. The van der Waals surface area contributed by atoms with Crippen molar-refractivity contribution in [1.29, 1.82) is 0 Å². The number of carbonyl (C=O) groups excluding carboxylic acids is 2. The van der Waals surface area contributed by atoms with Gasteiger partial charge in [-0.3, -0.25) is 9.59 Å². The maximum Gasteiger partial charge on any atom is 0.295 e. The van der Waals surface area contributed by atoms with Gasteiger partial charge in [-0.05, 0) is 55.4 Å². The molecule has 0 unspecified atom stereocenters. The quantitative estimate of drug-likeness (QED) is 0.267. The number of ether oxygens (including phenoxy) is 1. The molecular weight excluding hydrogens is 416 g/mol. The Kier molecular flexibility index (Phi) is 7.71. The summed E-state index contributed by atoms with van der Waals surface area (Å²) in [5.74, 6) is -0.466. The molecule has 174 valence electrons. The van der Waals surface area contributed by atoms with E-state index in [1.807, 2.05) is 43.3 Å². The third-order valence-corrected chi connectivity index (χ3v) is 5.74. The minimum Gasteiger partial charge on any atom is -0.507 e. The minimum absolute atomic E-state index is 0.107. The Hall–Kier alpha value is -3.38. The normalized spacial score (nSPS) is 17.8. The first-order chi connectivity index (χ1) is 15.7. The standard InChI is InChI=1S/C27H32N2O4/c1-6-17-33-22-13-11-21(12-14-22)25(30)23-24(20-9-7-19(8-10-20)18(2)3)29(16-15-28(4)5)27(32)26(23)31/h6-14,18,24,30H,1,15-17H2,2-5H3/t24-/m1/s1. The van der Waals surface area contributed by atoms with Crippen molar-refractivity contribution >= 4 is 17.4 Å². The van der Waals surface area contributed by atoms with Gasteiger partial charge < -0.3 is 19.6 Å². The summed E-state index contributed by atoms with van der Waals surface area (Å²) in [6.07, 6.45) is 1.65. The van der Waals surface area contributed by atoms with Crippen LogP contribution in [-0.2, 0) is 9.59 Å². The number of likely N-dealkylation sites (N-methyl/N-ethyl adjacent to an activating group) is 1. The summed E-state index contributed by atoms with van der Waals surface area (Å²) in [4.78, 5) is 29.6. The van der Waals surface area contributed by atoms with E-state index in [9.17, 15) is 14.7 Å². The molecule has 1 fully saturated rings. The Morgan fingerprint density at radius 2 is 1.76 bits per heavy atom. The van der Waals surface area contributed by atoms with E-state index in [1.54, 1.807) is 35.2 Å². The molecule has 1 heterocycles. The van der Waals surface area contributed by atoms with Crippen molar-refractivity contribution in [2.24, 2.45) is 0 Å². The number of carbonyl (C=O) groups is 2. The van der Waals surface area contributed by atoms with E-state index in [0.29, 0.717) is 36.9 Å². The van der Waals surface area contributed by atoms with Crippen molar-refractivity contribution in [3.63, 3.8) is 0 Å². The molecule has 3 rings (SSSR count). The van der Waals surface area contributed by atoms with E-state index in [-0.39, 0.29) is 11.3 Å². The lowest BCUT2D eigenvalue weighted by Gasteiger charge is -2.27. The minimum atomic E-state index is -0.670. The van der Waals surface area contributed by atoms with Gasteiger partial charge in [-0.1, -0.05) is 50.8 Å². The zero-order valence-corrected chi connectivity index (χ0v) is 19.7. The molecule has 1 aliphatic rings. The number of hydrogen-bond donors (Lipinski definition) is 1. The highest BCUT2D eigenvalue weighted by atomic mass is 16.5. The molecule has 1 N–H and O–H groups in total. The van der Waals surface area contributed by atoms with Crippen molar-refractivity contribution < 1.29 is 19.4 Å². The Morgan fingerprint density at radius 1 is 1.12 bits per heavy atom. The SMILES string of the molecule is C=CCOc1ccc(C(O)=C2C(=O)C(=O)N(CCN(C)C)[C@@H]2c2ccc(C(C)C)cc2)cc1. The summed E-state index contributed by atoms with van der Waals surface area (Å²) < 4.78 is 5.50. The Labute approximate surface area is 195 Å². The molecule has 2 aromatic rings. The smallest absolute Gasteiger partial charge is 0.295 e. The van der Waals surface area contributed by atoms with Gasteiger partial charge in [0, 0.05) is 18.7 Å². The van der Waals surface area contributed by atoms with E-state index in [2.05, 4.69) is 20.4 Å². The van der Waals surface area contributed by atoms with Crippen LogP contribution in [0.2, 0.25) is 0 Å². The molecular formula is C27H32N2O4. The number of benzene rings is 2. The molecule has 33 heavy (non-hydrogen) atoms. The first-order valence-electron chi connectivity index (χ1n) is 11.1. The highest BCUT2D eigenvalue weighted by molar-refractivity contribution is 6.46. The molecule has 0 spiro atoms. The van der Waals surface area contributed by atoms with Gasteiger partial charge in [0.25, 0.3) is 11.7 Å². The maximum atomic E-state index is 13.1. The summed E-state index contributed by atoms with van der Waals surface area (Å²) in [6, 6.07) is 14.0. The summed E-state index contributed by atoms with van der Waals surface area (Å²) >= 11 is 0. The van der Waals surface area contributed by atoms with E-state index in [0.717, 1.165) is 5.56 Å². The number of aliphatic hydroxyl groups is 1. The van der Waals surface area contributed by atoms with Gasteiger partial charge in [-0.25, -0.2) is 0 Å². The molecule has 6 heteroatoms. The second-order valence-electron chi connectivity index (χ2n) is 8.74. The lowest BCUT2D eigenvalue weighted by atomic mass is 9.93. The van der Waals surface area contributed by atoms with Crippen molar-refractivity contribution in [3.8, 4) is 5.75 Å². The lowest BCUT2D eigenvalue weighted by Crippen LogP contribution is -2.35. The van der Waals surface area contributed by atoms with E-state index >= 15 is 0 Å². The van der Waals surface area contributed by atoms with Crippen LogP contribution < -0.4 is 4.74 Å². The largest absolute Gasteiger partial charge is 0.507 e. The van der Waals surface area contributed by atoms with Gasteiger partial charge >= 0.3 is 0 Å². The van der Waals surface area contributed by atoms with Crippen LogP contribution in [0.5, 0.6) is 5.75 Å². The van der Waals surface area contributed by atoms with Crippen LogP contribution in [0.4, 0.5) is 0 Å². The molecule has 0 aliphatic carbocycles. The maximum absolute atomic E-state index is 13.1. The monoisotopic (exact) mass is 448 g/mol. The fraction of sp³-hybridized carbons (Fsp3) is 0.333. The average Bonchev–Trinajstić information content (AvgIpc) is 3.06. The first kappa shape index (κ1) is 24.3. The van der Waals surface area contributed by atoms with Crippen LogP contribution >= 0.6 is 0 Å². The topological polar surface area (TPSA) is 70.1 Å². The number of amides is 1. The molecule has 6 nitrogen and oxygen atoms in total. The Bertz CT molecular complexity index is 1040. The van der Waals surface area contributed by atoms with E-state index in [4.69, 9.17) is 4.74 Å². The molecule has 1 saturated heterocycles. The van der Waals surface area contributed by atoms with Gasteiger partial charge in [0.05, 0.1) is 11.6 Å². The second-order valence-corrected chi connectivity index (χ2v) is 8.74. The lowest BCUT2D eigenvalue weighted by molar-refractivity contribution is -0.140. The fourth-order valence-electron chi connectivity index (χ4n) is 3.85. The van der Waals surface area contributed by atoms with Crippen molar-refractivity contribution in [2.75, 3.05) is 33.8 Å². The van der Waals surface area contributed by atoms with Crippen LogP contribution in [0.3, 0.4) is 0 Å². The number of rotatable bonds is 9. The van der Waals surface area contributed by atoms with Crippen LogP contribution in [0.1, 0.15) is 42.5 Å². The molecule has 0 bridgehead atoms. The number of nitrogens with zero attached hydrogens (tertiary/aromatic N) is 2. The number of Topliss-reactive ketones (excluding diaryl/α,β-unsaturated/α-hetero) is 1. The van der Waals surface area contributed by atoms with Crippen LogP contribution in [0, 0.1) is 0 Å². The molecule has 0 radical (unpaired) electrons. The number of hydrogen-bond acceptors (Lipinski definition) is 5. The molecule has 0 aromatic heterocycles. The van der Waals surface area contributed by atoms with Gasteiger partial charge in [0.15, 0.2) is 0 Å². The number of aliphatic hydroxyl groups excluding tert-OH is 1. The van der Waals surface area contributed by atoms with E-state index < -0.39 is 17.7 Å². The predicted molar refractivity (Wildman–Crippen MR) is 130 cm³/mol. The third-order valence-electron chi connectivity index (χ3n) is 5.74. The second kappa shape index (κ2) is 10.5. The summed E-state index contributed by atoms with van der Waals surface area (Å²) in [5.41, 5.74) is 2.52. The first-order valence-corrected chi connectivity index (χ1v) is 11.1. The zero-order chi connectivity index (χ0) is 24.1. The van der Waals surface area contributed by atoms with Crippen LogP contribution in [0.15, 0.2) is 66.8 Å². The predicted octanol–water partition coefficient (Wildman–Crippen LogP) is 4.36. The Balaban J connectivity index is 2.06. The molecule has 0 saturated carbocycles. The molecule has 1 amide bonds. The highest BCUT2D eigenvalue weighted by Gasteiger charge is 2.45. The van der Waals surface area contributed by atoms with E-state index in [1.165, 1.54) is 5.56 Å². The highest BCUT2D eigenvalue weighted by Crippen LogP contribution is 2.39. The molecule has 1 atom stereocenters. The van der Waals surface area contributed by atoms with Crippen molar-refractivity contribution in [1.82, 2.24) is 9.80 Å². The van der Waals surface area contributed by atoms with Gasteiger partial charge in [-0.2, -0.15) is 0 Å². The molecule has 1 aliphatic heterocycles. The van der Waals surface area contributed by atoms with Crippen LogP contribution in [-0.4, -0.2) is 60.4 Å². The van der Waals surface area contributed by atoms with Crippen LogP contribution in [0.25, 0.3) is 5.76 Å². The molecule has 2 aromatic carbocycles. The Morgan fingerprint density at radius 3 is 2.30 bits per heavy atom. The average molecular weight is 449 g/mol. The van der Waals surface area contributed by atoms with Gasteiger partial charge in [0.1, 0.15) is 18.1 Å².